The van der Waals surface area contributed by atoms with E-state index in [-0.39, 0.29) is 5.91 Å². The molecule has 1 heterocycles. The molecule has 3 aromatic rings. The van der Waals surface area contributed by atoms with Crippen LogP contribution in [0.15, 0.2) is 42.5 Å². The zero-order valence-corrected chi connectivity index (χ0v) is 11.7. The van der Waals surface area contributed by atoms with Gasteiger partial charge in [-0.05, 0) is 33.7 Å². The number of rotatable bonds is 4. The quantitative estimate of drug-likeness (QED) is 0.797. The summed E-state index contributed by atoms with van der Waals surface area (Å²) >= 11 is 0. The van der Waals surface area contributed by atoms with Crippen LogP contribution in [-0.4, -0.2) is 26.1 Å². The van der Waals surface area contributed by atoms with Crippen molar-refractivity contribution < 1.29 is 4.79 Å². The summed E-state index contributed by atoms with van der Waals surface area (Å²) in [6.45, 7) is 2.69. The predicted molar refractivity (Wildman–Crippen MR) is 80.0 cm³/mol. The second-order valence-corrected chi connectivity index (χ2v) is 4.71. The highest BCUT2D eigenvalue weighted by Gasteiger charge is 2.13. The van der Waals surface area contributed by atoms with Crippen molar-refractivity contribution in [3.63, 3.8) is 0 Å². The van der Waals surface area contributed by atoms with Crippen LogP contribution >= 0.6 is 0 Å². The second kappa shape index (κ2) is 5.70. The minimum absolute atomic E-state index is 0.209. The molecule has 0 spiro atoms. The Morgan fingerprint density at radius 2 is 2.00 bits per heavy atom. The average Bonchev–Trinajstić information content (AvgIpc) is 2.94. The number of anilines is 1. The topological polar surface area (TPSA) is 72.7 Å². The third kappa shape index (κ3) is 2.60. The molecule has 0 aliphatic carbocycles. The molecule has 0 bridgehead atoms. The Morgan fingerprint density at radius 3 is 2.86 bits per heavy atom. The van der Waals surface area contributed by atoms with E-state index in [1.807, 2.05) is 43.3 Å². The van der Waals surface area contributed by atoms with Crippen LogP contribution in [0.3, 0.4) is 0 Å². The first kappa shape index (κ1) is 13.2. The van der Waals surface area contributed by atoms with Gasteiger partial charge in [-0.1, -0.05) is 48.4 Å². The van der Waals surface area contributed by atoms with E-state index in [0.29, 0.717) is 18.1 Å². The summed E-state index contributed by atoms with van der Waals surface area (Å²) in [6.07, 6.45) is 0.891. The van der Waals surface area contributed by atoms with E-state index in [4.69, 9.17) is 0 Å². The zero-order valence-electron chi connectivity index (χ0n) is 11.7. The van der Waals surface area contributed by atoms with E-state index in [1.165, 1.54) is 0 Å². The van der Waals surface area contributed by atoms with Crippen LogP contribution in [0.2, 0.25) is 0 Å². The Kier molecular flexibility index (Phi) is 3.59. The molecule has 6 heteroatoms. The SMILES string of the molecule is CCCn1nnnc1NC(=O)c1cccc2ccccc12. The highest BCUT2D eigenvalue weighted by atomic mass is 16.1. The molecule has 0 aliphatic heterocycles. The summed E-state index contributed by atoms with van der Waals surface area (Å²) in [5.41, 5.74) is 0.610. The van der Waals surface area contributed by atoms with Gasteiger partial charge >= 0.3 is 0 Å². The van der Waals surface area contributed by atoms with Gasteiger partial charge in [0.25, 0.3) is 5.91 Å². The molecule has 0 unspecified atom stereocenters. The lowest BCUT2D eigenvalue weighted by Gasteiger charge is -2.07. The van der Waals surface area contributed by atoms with Gasteiger partial charge in [-0.25, -0.2) is 4.68 Å². The maximum atomic E-state index is 12.5. The molecule has 1 N–H and O–H groups in total. The van der Waals surface area contributed by atoms with E-state index in [0.717, 1.165) is 17.2 Å². The van der Waals surface area contributed by atoms with E-state index in [9.17, 15) is 4.79 Å². The fraction of sp³-hybridized carbons (Fsp3) is 0.200. The van der Waals surface area contributed by atoms with E-state index < -0.39 is 0 Å². The highest BCUT2D eigenvalue weighted by molar-refractivity contribution is 6.12. The van der Waals surface area contributed by atoms with Gasteiger partial charge < -0.3 is 0 Å². The third-order valence-electron chi connectivity index (χ3n) is 3.23. The molecule has 6 nitrogen and oxygen atoms in total. The molecule has 0 saturated carbocycles. The molecule has 0 saturated heterocycles. The summed E-state index contributed by atoms with van der Waals surface area (Å²) in [6, 6.07) is 13.4. The molecule has 0 atom stereocenters. The summed E-state index contributed by atoms with van der Waals surface area (Å²) in [5, 5.41) is 16.0. The number of carbonyl (C=O) groups excluding carboxylic acids is 1. The maximum absolute atomic E-state index is 12.5. The number of benzene rings is 2. The van der Waals surface area contributed by atoms with Gasteiger partial charge in [-0.2, -0.15) is 0 Å². The molecule has 106 valence electrons. The van der Waals surface area contributed by atoms with Gasteiger partial charge in [0.1, 0.15) is 0 Å². The fourth-order valence-corrected chi connectivity index (χ4v) is 2.25. The summed E-state index contributed by atoms with van der Waals surface area (Å²) < 4.78 is 1.59. The molecular formula is C15H15N5O. The van der Waals surface area contributed by atoms with Crippen molar-refractivity contribution in [2.45, 2.75) is 19.9 Å². The van der Waals surface area contributed by atoms with Crippen LogP contribution in [0.4, 0.5) is 5.95 Å². The number of amides is 1. The second-order valence-electron chi connectivity index (χ2n) is 4.71. The number of nitrogens with zero attached hydrogens (tertiary/aromatic N) is 4. The minimum Gasteiger partial charge on any atom is -0.289 e. The molecule has 0 aliphatic rings. The lowest BCUT2D eigenvalue weighted by Crippen LogP contribution is -2.17. The van der Waals surface area contributed by atoms with Gasteiger partial charge in [0, 0.05) is 12.1 Å². The standard InChI is InChI=1S/C15H15N5O/c1-2-10-20-15(17-18-19-20)16-14(21)13-9-5-7-11-6-3-4-8-12(11)13/h3-9H,2,10H2,1H3,(H,16,17,19,21). The van der Waals surface area contributed by atoms with Gasteiger partial charge in [0.05, 0.1) is 0 Å². The fourth-order valence-electron chi connectivity index (χ4n) is 2.25. The highest BCUT2D eigenvalue weighted by Crippen LogP contribution is 2.19. The minimum atomic E-state index is -0.209. The van der Waals surface area contributed by atoms with Crippen LogP contribution in [0.5, 0.6) is 0 Å². The van der Waals surface area contributed by atoms with Gasteiger partial charge in [-0.3, -0.25) is 10.1 Å². The number of nitrogens with one attached hydrogen (secondary N) is 1. The van der Waals surface area contributed by atoms with Crippen molar-refractivity contribution in [2.24, 2.45) is 0 Å². The molecule has 2 aromatic carbocycles. The van der Waals surface area contributed by atoms with Crippen LogP contribution < -0.4 is 5.32 Å². The molecular weight excluding hydrogens is 266 g/mol. The Morgan fingerprint density at radius 1 is 1.19 bits per heavy atom. The Balaban J connectivity index is 1.92. The van der Waals surface area contributed by atoms with Crippen molar-refractivity contribution in [1.29, 1.82) is 0 Å². The number of carbonyl (C=O) groups is 1. The van der Waals surface area contributed by atoms with Gasteiger partial charge in [0.15, 0.2) is 0 Å². The lowest BCUT2D eigenvalue weighted by molar-refractivity contribution is 0.102. The summed E-state index contributed by atoms with van der Waals surface area (Å²) in [4.78, 5) is 12.5. The molecule has 1 amide bonds. The van der Waals surface area contributed by atoms with Crippen LogP contribution in [0, 0.1) is 0 Å². The number of fused-ring (bicyclic) bond motifs is 1. The van der Waals surface area contributed by atoms with Gasteiger partial charge in [0.2, 0.25) is 5.95 Å². The Bertz CT molecular complexity index is 775. The molecule has 0 fully saturated rings. The molecule has 3 rings (SSSR count). The maximum Gasteiger partial charge on any atom is 0.258 e. The van der Waals surface area contributed by atoms with Crippen molar-refractivity contribution in [1.82, 2.24) is 20.2 Å². The van der Waals surface area contributed by atoms with E-state index in [2.05, 4.69) is 20.8 Å². The number of aromatic nitrogens is 4. The molecule has 21 heavy (non-hydrogen) atoms. The Hall–Kier alpha value is -2.76. The van der Waals surface area contributed by atoms with Gasteiger partial charge in [-0.15, -0.1) is 0 Å². The smallest absolute Gasteiger partial charge is 0.258 e. The van der Waals surface area contributed by atoms with Crippen molar-refractivity contribution in [3.8, 4) is 0 Å². The average molecular weight is 281 g/mol. The summed E-state index contributed by atoms with van der Waals surface area (Å²) in [7, 11) is 0. The lowest BCUT2D eigenvalue weighted by atomic mass is 10.0. The number of hydrogen-bond donors (Lipinski definition) is 1. The van der Waals surface area contributed by atoms with E-state index in [1.54, 1.807) is 10.7 Å². The molecule has 0 radical (unpaired) electrons. The normalized spacial score (nSPS) is 10.7. The Labute approximate surface area is 121 Å². The monoisotopic (exact) mass is 281 g/mol. The first-order valence-electron chi connectivity index (χ1n) is 6.85. The zero-order chi connectivity index (χ0) is 14.7. The number of hydrogen-bond acceptors (Lipinski definition) is 4. The predicted octanol–water partition coefficient (Wildman–Crippen LogP) is 2.49. The number of aryl methyl sites for hydroxylation is 1. The van der Waals surface area contributed by atoms with Crippen molar-refractivity contribution in [3.05, 3.63) is 48.0 Å². The van der Waals surface area contributed by atoms with E-state index >= 15 is 0 Å². The largest absolute Gasteiger partial charge is 0.289 e. The van der Waals surface area contributed by atoms with Crippen LogP contribution in [0.25, 0.3) is 10.8 Å². The number of tetrazole rings is 1. The van der Waals surface area contributed by atoms with Crippen molar-refractivity contribution >= 4 is 22.6 Å². The first-order valence-corrected chi connectivity index (χ1v) is 6.85. The summed E-state index contributed by atoms with van der Waals surface area (Å²) in [5.74, 6) is 0.161. The molecule has 1 aromatic heterocycles. The van der Waals surface area contributed by atoms with Crippen LogP contribution in [0.1, 0.15) is 23.7 Å². The van der Waals surface area contributed by atoms with Crippen molar-refractivity contribution in [2.75, 3.05) is 5.32 Å². The van der Waals surface area contributed by atoms with Crippen LogP contribution in [-0.2, 0) is 6.54 Å². The first-order chi connectivity index (χ1) is 10.3. The third-order valence-corrected chi connectivity index (χ3v) is 3.23.